The minimum absolute atomic E-state index is 0.555. The first kappa shape index (κ1) is 9.86. The molecule has 0 fully saturated rings. The predicted octanol–water partition coefficient (Wildman–Crippen LogP) is 2.43. The molecule has 0 aliphatic carbocycles. The van der Waals surface area contributed by atoms with E-state index in [4.69, 9.17) is 17.3 Å². The molecule has 4 heteroatoms. The highest BCUT2D eigenvalue weighted by atomic mass is 35.5. The topological polar surface area (TPSA) is 50.4 Å². The average molecular weight is 198 g/mol. The van der Waals surface area contributed by atoms with Crippen molar-refractivity contribution in [3.8, 4) is 0 Å². The highest BCUT2D eigenvalue weighted by Crippen LogP contribution is 2.20. The maximum Gasteiger partial charge on any atom is 0.119 e. The molecule has 0 radical (unpaired) electrons. The number of hydrazone groups is 1. The van der Waals surface area contributed by atoms with Gasteiger partial charge in [0, 0.05) is 6.42 Å². The van der Waals surface area contributed by atoms with Crippen LogP contribution in [0.1, 0.15) is 13.3 Å². The minimum Gasteiger partial charge on any atom is -0.386 e. The van der Waals surface area contributed by atoms with Gasteiger partial charge in [0.2, 0.25) is 0 Å². The van der Waals surface area contributed by atoms with E-state index < -0.39 is 0 Å². The maximum absolute atomic E-state index is 5.88. The summed E-state index contributed by atoms with van der Waals surface area (Å²) in [7, 11) is 0. The standard InChI is InChI=1S/C9H12ClN3/c1-2-9(11)13-12-8-6-4-3-5-7(8)10/h3-6,12H,2H2,1H3,(H2,11,13). The van der Waals surface area contributed by atoms with Crippen LogP contribution in [0, 0.1) is 0 Å². The minimum atomic E-state index is 0.555. The van der Waals surface area contributed by atoms with Crippen molar-refractivity contribution in [3.63, 3.8) is 0 Å². The zero-order valence-electron chi connectivity index (χ0n) is 7.42. The van der Waals surface area contributed by atoms with Gasteiger partial charge in [-0.1, -0.05) is 30.7 Å². The Bertz CT molecular complexity index is 309. The second-order valence-corrected chi connectivity index (χ2v) is 2.96. The quantitative estimate of drug-likeness (QED) is 0.444. The van der Waals surface area contributed by atoms with E-state index in [9.17, 15) is 0 Å². The third-order valence-corrected chi connectivity index (χ3v) is 1.89. The number of nitrogens with one attached hydrogen (secondary N) is 1. The molecule has 0 amide bonds. The summed E-state index contributed by atoms with van der Waals surface area (Å²) in [6.07, 6.45) is 0.720. The van der Waals surface area contributed by atoms with Crippen molar-refractivity contribution in [3.05, 3.63) is 29.3 Å². The van der Waals surface area contributed by atoms with Crippen LogP contribution in [-0.4, -0.2) is 5.84 Å². The molecule has 0 aromatic heterocycles. The molecule has 0 aliphatic heterocycles. The molecule has 13 heavy (non-hydrogen) atoms. The molecular weight excluding hydrogens is 186 g/mol. The zero-order chi connectivity index (χ0) is 9.68. The molecule has 0 atom stereocenters. The molecule has 0 saturated carbocycles. The number of nitrogens with two attached hydrogens (primary N) is 1. The molecule has 0 saturated heterocycles. The van der Waals surface area contributed by atoms with Crippen LogP contribution in [0.5, 0.6) is 0 Å². The molecule has 0 aliphatic rings. The van der Waals surface area contributed by atoms with Crippen LogP contribution in [0.3, 0.4) is 0 Å². The number of rotatable bonds is 3. The Kier molecular flexibility index (Phi) is 3.58. The van der Waals surface area contributed by atoms with Gasteiger partial charge in [-0.3, -0.25) is 5.43 Å². The van der Waals surface area contributed by atoms with Crippen molar-refractivity contribution in [1.82, 2.24) is 0 Å². The lowest BCUT2D eigenvalue weighted by molar-refractivity contribution is 1.20. The first-order valence-corrected chi connectivity index (χ1v) is 4.44. The van der Waals surface area contributed by atoms with Gasteiger partial charge >= 0.3 is 0 Å². The summed E-state index contributed by atoms with van der Waals surface area (Å²) in [6, 6.07) is 7.38. The van der Waals surface area contributed by atoms with Crippen molar-refractivity contribution in [1.29, 1.82) is 0 Å². The summed E-state index contributed by atoms with van der Waals surface area (Å²) in [5, 5.41) is 4.57. The lowest BCUT2D eigenvalue weighted by Gasteiger charge is -2.02. The van der Waals surface area contributed by atoms with Crippen LogP contribution in [-0.2, 0) is 0 Å². The van der Waals surface area contributed by atoms with Crippen LogP contribution >= 0.6 is 11.6 Å². The Balaban J connectivity index is 2.70. The van der Waals surface area contributed by atoms with Gasteiger partial charge in [-0.25, -0.2) is 0 Å². The predicted molar refractivity (Wildman–Crippen MR) is 57.0 cm³/mol. The van der Waals surface area contributed by atoms with E-state index in [-0.39, 0.29) is 0 Å². The zero-order valence-corrected chi connectivity index (χ0v) is 8.17. The Hall–Kier alpha value is -1.22. The van der Waals surface area contributed by atoms with Crippen molar-refractivity contribution in [2.45, 2.75) is 13.3 Å². The first-order chi connectivity index (χ1) is 6.24. The smallest absolute Gasteiger partial charge is 0.119 e. The molecule has 0 heterocycles. The van der Waals surface area contributed by atoms with Gasteiger partial charge in [0.1, 0.15) is 5.84 Å². The van der Waals surface area contributed by atoms with Gasteiger partial charge in [-0.2, -0.15) is 5.10 Å². The summed E-state index contributed by atoms with van der Waals surface area (Å²) in [5.74, 6) is 0.555. The monoisotopic (exact) mass is 197 g/mol. The lowest BCUT2D eigenvalue weighted by Crippen LogP contribution is -2.11. The van der Waals surface area contributed by atoms with Gasteiger partial charge in [0.05, 0.1) is 10.7 Å². The van der Waals surface area contributed by atoms with E-state index in [2.05, 4.69) is 10.5 Å². The number of amidine groups is 1. The Labute approximate surface area is 82.6 Å². The number of benzene rings is 1. The van der Waals surface area contributed by atoms with E-state index >= 15 is 0 Å². The molecule has 70 valence electrons. The van der Waals surface area contributed by atoms with Crippen molar-refractivity contribution in [2.75, 3.05) is 5.43 Å². The molecule has 1 aromatic rings. The summed E-state index contributed by atoms with van der Waals surface area (Å²) in [6.45, 7) is 1.94. The fraction of sp³-hybridized carbons (Fsp3) is 0.222. The maximum atomic E-state index is 5.88. The van der Waals surface area contributed by atoms with E-state index in [0.717, 1.165) is 12.1 Å². The van der Waals surface area contributed by atoms with Crippen molar-refractivity contribution >= 4 is 23.1 Å². The Morgan fingerprint density at radius 3 is 2.85 bits per heavy atom. The summed E-state index contributed by atoms with van der Waals surface area (Å²) in [4.78, 5) is 0. The second-order valence-electron chi connectivity index (χ2n) is 2.55. The molecule has 1 rings (SSSR count). The van der Waals surface area contributed by atoms with E-state index in [0.29, 0.717) is 10.9 Å². The SMILES string of the molecule is CC/C(N)=N/Nc1ccccc1Cl. The Morgan fingerprint density at radius 2 is 2.23 bits per heavy atom. The molecule has 1 aromatic carbocycles. The normalized spacial score (nSPS) is 11.4. The van der Waals surface area contributed by atoms with Crippen LogP contribution in [0.15, 0.2) is 29.4 Å². The van der Waals surface area contributed by atoms with Gasteiger partial charge < -0.3 is 5.73 Å². The molecule has 0 spiro atoms. The highest BCUT2D eigenvalue weighted by molar-refractivity contribution is 6.33. The number of para-hydroxylation sites is 1. The van der Waals surface area contributed by atoms with Gasteiger partial charge in [0.25, 0.3) is 0 Å². The van der Waals surface area contributed by atoms with E-state index in [1.54, 1.807) is 6.07 Å². The number of hydrogen-bond donors (Lipinski definition) is 2. The summed E-state index contributed by atoms with van der Waals surface area (Å²) >= 11 is 5.88. The van der Waals surface area contributed by atoms with Crippen molar-refractivity contribution in [2.24, 2.45) is 10.8 Å². The number of hydrogen-bond acceptors (Lipinski definition) is 2. The molecule has 3 N–H and O–H groups in total. The number of anilines is 1. The van der Waals surface area contributed by atoms with Gasteiger partial charge in [-0.15, -0.1) is 0 Å². The van der Waals surface area contributed by atoms with Gasteiger partial charge in [-0.05, 0) is 12.1 Å². The van der Waals surface area contributed by atoms with E-state index in [1.165, 1.54) is 0 Å². The third-order valence-electron chi connectivity index (χ3n) is 1.56. The Morgan fingerprint density at radius 1 is 1.54 bits per heavy atom. The second kappa shape index (κ2) is 4.72. The lowest BCUT2D eigenvalue weighted by atomic mass is 10.3. The van der Waals surface area contributed by atoms with Crippen LogP contribution in [0.2, 0.25) is 5.02 Å². The first-order valence-electron chi connectivity index (χ1n) is 4.06. The molecular formula is C9H12ClN3. The fourth-order valence-electron chi connectivity index (χ4n) is 0.763. The van der Waals surface area contributed by atoms with Crippen LogP contribution < -0.4 is 11.2 Å². The summed E-state index contributed by atoms with van der Waals surface area (Å²) in [5.41, 5.74) is 9.07. The largest absolute Gasteiger partial charge is 0.386 e. The highest BCUT2D eigenvalue weighted by Gasteiger charge is 1.95. The van der Waals surface area contributed by atoms with Gasteiger partial charge in [0.15, 0.2) is 0 Å². The molecule has 0 bridgehead atoms. The molecule has 3 nitrogen and oxygen atoms in total. The number of halogens is 1. The van der Waals surface area contributed by atoms with Crippen LogP contribution in [0.4, 0.5) is 5.69 Å². The summed E-state index contributed by atoms with van der Waals surface area (Å²) < 4.78 is 0. The van der Waals surface area contributed by atoms with Crippen molar-refractivity contribution < 1.29 is 0 Å². The average Bonchev–Trinajstić information content (AvgIpc) is 2.16. The third kappa shape index (κ3) is 2.95. The number of nitrogens with zero attached hydrogens (tertiary/aromatic N) is 1. The molecule has 0 unspecified atom stereocenters. The fourth-order valence-corrected chi connectivity index (χ4v) is 0.941. The van der Waals surface area contributed by atoms with Crippen LogP contribution in [0.25, 0.3) is 0 Å². The van der Waals surface area contributed by atoms with E-state index in [1.807, 2.05) is 25.1 Å².